The van der Waals surface area contributed by atoms with Crippen LogP contribution in [-0.2, 0) is 10.8 Å². The maximum Gasteiger partial charge on any atom is 0.0620 e. The van der Waals surface area contributed by atoms with Crippen LogP contribution in [0.3, 0.4) is 0 Å². The molecule has 22 aromatic rings. The molecule has 0 aliphatic heterocycles. The zero-order valence-electron chi connectivity index (χ0n) is 61.1. The average molecular weight is 1380 g/mol. The Morgan fingerprint density at radius 3 is 0.972 bits per heavy atom. The molecule has 0 fully saturated rings. The first-order valence-corrected chi connectivity index (χ1v) is 38.0. The Hall–Kier alpha value is -13.3. The zero-order chi connectivity index (χ0) is 72.0. The third-order valence-electron chi connectivity index (χ3n) is 23.8. The largest absolute Gasteiger partial charge is 0.309 e. The number of fused-ring (bicyclic) bond motifs is 24. The zero-order valence-corrected chi connectivity index (χ0v) is 61.1. The summed E-state index contributed by atoms with van der Waals surface area (Å²) in [6.45, 7) is 13.8. The lowest BCUT2D eigenvalue weighted by atomic mass is 9.87. The molecule has 0 unspecified atom stereocenters. The van der Waals surface area contributed by atoms with E-state index < -0.39 is 0 Å². The smallest absolute Gasteiger partial charge is 0.0620 e. The van der Waals surface area contributed by atoms with Gasteiger partial charge in [-0.25, -0.2) is 0 Å². The van der Waals surface area contributed by atoms with Gasteiger partial charge in [0.1, 0.15) is 0 Å². The van der Waals surface area contributed by atoms with E-state index in [0.29, 0.717) is 0 Å². The number of rotatable bonds is 7. The number of para-hydroxylation sites is 5. The molecule has 22 rings (SSSR count). The van der Waals surface area contributed by atoms with Gasteiger partial charge in [-0.05, 0) is 206 Å². The summed E-state index contributed by atoms with van der Waals surface area (Å²) in [6.07, 6.45) is 0. The lowest BCUT2D eigenvalue weighted by molar-refractivity contribution is 0.590. The molecule has 18 aromatic carbocycles. The first kappa shape index (κ1) is 62.1. The highest BCUT2D eigenvalue weighted by Crippen LogP contribution is 2.48. The van der Waals surface area contributed by atoms with Gasteiger partial charge in [-0.3, -0.25) is 0 Å². The fraction of sp³-hybridized carbons (Fsp3) is 0.0769. The molecule has 0 radical (unpaired) electrons. The Bertz CT molecular complexity index is 7580. The lowest BCUT2D eigenvalue weighted by Gasteiger charge is -2.20. The second-order valence-electron chi connectivity index (χ2n) is 31.9. The maximum atomic E-state index is 2.55. The van der Waals surface area contributed by atoms with Crippen molar-refractivity contribution in [1.29, 1.82) is 0 Å². The number of nitrogens with zero attached hydrogens (tertiary/aromatic N) is 4. The predicted molar refractivity (Wildman–Crippen MR) is 463 cm³/mol. The molecule has 4 aromatic heterocycles. The molecule has 4 heteroatoms. The minimum absolute atomic E-state index is 0.0325. The van der Waals surface area contributed by atoms with E-state index in [1.54, 1.807) is 0 Å². The predicted octanol–water partition coefficient (Wildman–Crippen LogP) is 28.6. The van der Waals surface area contributed by atoms with Crippen LogP contribution in [0.2, 0.25) is 0 Å². The van der Waals surface area contributed by atoms with E-state index in [4.69, 9.17) is 0 Å². The minimum Gasteiger partial charge on any atom is -0.309 e. The quantitative estimate of drug-likeness (QED) is 0.142. The van der Waals surface area contributed by atoms with E-state index in [1.165, 1.54) is 191 Å². The molecule has 4 heterocycles. The van der Waals surface area contributed by atoms with Crippen LogP contribution in [-0.4, -0.2) is 18.3 Å². The van der Waals surface area contributed by atoms with Crippen molar-refractivity contribution in [3.8, 4) is 56.1 Å². The van der Waals surface area contributed by atoms with Crippen molar-refractivity contribution < 1.29 is 0 Å². The SMILES string of the molecule is CC(C)(C)c1ccc(-n2c3ccccc3c3cccc(-c4cccc5c6ccccc6n(-c6ccc7c8ccccc8c8ccc(-c9ccc%10c(c9)c9ccc(-c%11ccc%12c%13ccccc%13n(-c%13ccc%14c%15ccccc%15c%15ccccc%15c%14c%13)c%12c%11)cc9n%10-c9cccc(C(C)(C)C)c9)cc8c7c6)c45)c32)cc1. The molecular formula is C104H74N4. The Kier molecular flexibility index (Phi) is 13.3. The molecule has 0 saturated heterocycles. The molecule has 510 valence electrons. The van der Waals surface area contributed by atoms with Gasteiger partial charge < -0.3 is 18.3 Å². The summed E-state index contributed by atoms with van der Waals surface area (Å²) in [5.41, 5.74) is 23.7. The molecule has 0 atom stereocenters. The highest BCUT2D eigenvalue weighted by molar-refractivity contribution is 6.28. The minimum atomic E-state index is -0.0513. The lowest BCUT2D eigenvalue weighted by Crippen LogP contribution is -2.11. The molecule has 0 N–H and O–H groups in total. The Morgan fingerprint density at radius 1 is 0.167 bits per heavy atom. The molecule has 0 spiro atoms. The molecule has 108 heavy (non-hydrogen) atoms. The van der Waals surface area contributed by atoms with Crippen LogP contribution in [0.5, 0.6) is 0 Å². The number of hydrogen-bond acceptors (Lipinski definition) is 0. The van der Waals surface area contributed by atoms with E-state index in [2.05, 4.69) is 400 Å². The first-order valence-electron chi connectivity index (χ1n) is 38.0. The molecule has 0 aliphatic rings. The second-order valence-corrected chi connectivity index (χ2v) is 31.9. The van der Waals surface area contributed by atoms with Crippen LogP contribution >= 0.6 is 0 Å². The number of benzene rings is 18. The number of hydrogen-bond donors (Lipinski definition) is 0. The molecule has 0 aliphatic carbocycles. The van der Waals surface area contributed by atoms with Crippen molar-refractivity contribution in [3.63, 3.8) is 0 Å². The van der Waals surface area contributed by atoms with Crippen LogP contribution in [0.25, 0.3) is 208 Å². The van der Waals surface area contributed by atoms with E-state index in [1.807, 2.05) is 0 Å². The summed E-state index contributed by atoms with van der Waals surface area (Å²) in [5, 5.41) is 24.8. The van der Waals surface area contributed by atoms with Crippen molar-refractivity contribution in [2.24, 2.45) is 0 Å². The van der Waals surface area contributed by atoms with Crippen LogP contribution in [0.4, 0.5) is 0 Å². The van der Waals surface area contributed by atoms with E-state index in [-0.39, 0.29) is 10.8 Å². The van der Waals surface area contributed by atoms with Gasteiger partial charge in [-0.15, -0.1) is 0 Å². The van der Waals surface area contributed by atoms with Crippen LogP contribution < -0.4 is 0 Å². The molecule has 4 nitrogen and oxygen atoms in total. The van der Waals surface area contributed by atoms with E-state index >= 15 is 0 Å². The van der Waals surface area contributed by atoms with Gasteiger partial charge in [0.2, 0.25) is 0 Å². The Balaban J connectivity index is 0.716. The van der Waals surface area contributed by atoms with Crippen molar-refractivity contribution >= 4 is 152 Å². The van der Waals surface area contributed by atoms with Gasteiger partial charge in [0, 0.05) is 77.0 Å². The summed E-state index contributed by atoms with van der Waals surface area (Å²) >= 11 is 0. The van der Waals surface area contributed by atoms with E-state index in [0.717, 1.165) is 28.3 Å². The summed E-state index contributed by atoms with van der Waals surface area (Å²) in [5.74, 6) is 0. The van der Waals surface area contributed by atoms with Crippen LogP contribution in [0, 0.1) is 0 Å². The first-order chi connectivity index (χ1) is 52.8. The fourth-order valence-electron chi connectivity index (χ4n) is 18.6. The van der Waals surface area contributed by atoms with Gasteiger partial charge in [0.05, 0.1) is 44.1 Å². The van der Waals surface area contributed by atoms with Crippen LogP contribution in [0.1, 0.15) is 52.7 Å². The van der Waals surface area contributed by atoms with Gasteiger partial charge in [-0.2, -0.15) is 0 Å². The second kappa shape index (κ2) is 23.1. The number of aromatic nitrogens is 4. The topological polar surface area (TPSA) is 19.7 Å². The maximum absolute atomic E-state index is 2.55. The third kappa shape index (κ3) is 9.23. The van der Waals surface area contributed by atoms with Crippen LogP contribution in [0.15, 0.2) is 340 Å². The van der Waals surface area contributed by atoms with Gasteiger partial charge in [0.15, 0.2) is 0 Å². The molecular weight excluding hydrogens is 1310 g/mol. The highest BCUT2D eigenvalue weighted by Gasteiger charge is 2.26. The average Bonchev–Trinajstić information content (AvgIpc) is 1.59. The molecule has 0 amide bonds. The fourth-order valence-corrected chi connectivity index (χ4v) is 18.6. The Morgan fingerprint density at radius 2 is 0.472 bits per heavy atom. The van der Waals surface area contributed by atoms with Gasteiger partial charge in [0.25, 0.3) is 0 Å². The monoisotopic (exact) mass is 1380 g/mol. The summed E-state index contributed by atoms with van der Waals surface area (Å²) in [6, 6.07) is 129. The van der Waals surface area contributed by atoms with Crippen molar-refractivity contribution in [2.75, 3.05) is 0 Å². The summed E-state index contributed by atoms with van der Waals surface area (Å²) in [4.78, 5) is 0. The summed E-state index contributed by atoms with van der Waals surface area (Å²) in [7, 11) is 0. The van der Waals surface area contributed by atoms with E-state index in [9.17, 15) is 0 Å². The third-order valence-corrected chi connectivity index (χ3v) is 23.8. The van der Waals surface area contributed by atoms with Crippen molar-refractivity contribution in [3.05, 3.63) is 351 Å². The van der Waals surface area contributed by atoms with Crippen molar-refractivity contribution in [1.82, 2.24) is 18.3 Å². The Labute approximate surface area is 625 Å². The molecule has 0 saturated carbocycles. The molecule has 0 bridgehead atoms. The highest BCUT2D eigenvalue weighted by atomic mass is 15.0. The van der Waals surface area contributed by atoms with Gasteiger partial charge >= 0.3 is 0 Å². The normalized spacial score (nSPS) is 12.5. The summed E-state index contributed by atoms with van der Waals surface area (Å²) < 4.78 is 10.0. The van der Waals surface area contributed by atoms with Gasteiger partial charge in [-0.1, -0.05) is 284 Å². The van der Waals surface area contributed by atoms with Crippen molar-refractivity contribution in [2.45, 2.75) is 52.4 Å². The standard InChI is InChI=1S/C104H74N4/c1-103(2,3)67-44-46-69(47-45-67)107-96-38-17-14-31-83(96)87-33-20-35-89(101(87)107)90-36-21-34-88-84-32-15-18-39-97(84)108(102(88)90)72-49-54-81-77-28-10-9-27-76(77)79-50-40-63(56-91(79)93(81)62-72)64-43-55-98-94(57-64)86-52-42-66(59-100(86)105(98)70-23-19-22-68(60-70)104(4,5)6)65-41-51-85-82-30-13-16-37-95(82)106(99(85)58-65)71-48-53-80-75-26-8-7-24-73(75)74-25-11-12-29-78(74)92(80)61-71/h7-62H,1-6H3.